The number of ether oxygens (including phenoxy) is 2. The number of carbonyl (C=O) groups excluding carboxylic acids is 1. The Hall–Kier alpha value is -3.56. The summed E-state index contributed by atoms with van der Waals surface area (Å²) in [6.07, 6.45) is 6.15. The molecule has 0 bridgehead atoms. The van der Waals surface area contributed by atoms with Crippen molar-refractivity contribution in [2.24, 2.45) is 5.92 Å². The van der Waals surface area contributed by atoms with Gasteiger partial charge < -0.3 is 14.8 Å². The van der Waals surface area contributed by atoms with E-state index in [2.05, 4.69) is 18.3 Å². The van der Waals surface area contributed by atoms with Gasteiger partial charge in [0, 0.05) is 11.0 Å². The molecule has 0 fully saturated rings. The Kier molecular flexibility index (Phi) is 7.11. The summed E-state index contributed by atoms with van der Waals surface area (Å²) in [6, 6.07) is 17.7. The van der Waals surface area contributed by atoms with Crippen molar-refractivity contribution in [1.29, 1.82) is 5.26 Å². The first kappa shape index (κ1) is 22.6. The largest absolute Gasteiger partial charge is 0.493 e. The zero-order valence-corrected chi connectivity index (χ0v) is 19.6. The molecule has 0 radical (unpaired) electrons. The van der Waals surface area contributed by atoms with E-state index in [0.717, 1.165) is 36.0 Å². The van der Waals surface area contributed by atoms with Gasteiger partial charge >= 0.3 is 0 Å². The number of hydrogen-bond donors (Lipinski definition) is 1. The Morgan fingerprint density at radius 2 is 2.06 bits per heavy atom. The monoisotopic (exact) mass is 458 g/mol. The number of hydrogen-bond acceptors (Lipinski definition) is 5. The molecule has 0 saturated heterocycles. The highest BCUT2D eigenvalue weighted by Crippen LogP contribution is 2.39. The molecule has 0 aliphatic heterocycles. The molecule has 1 aliphatic rings. The number of rotatable bonds is 7. The molecule has 3 aromatic rings. The van der Waals surface area contributed by atoms with Crippen molar-refractivity contribution in [2.75, 3.05) is 12.4 Å². The van der Waals surface area contributed by atoms with Gasteiger partial charge in [0.2, 0.25) is 5.91 Å². The number of nitriles is 1. The highest BCUT2D eigenvalue weighted by atomic mass is 32.1. The van der Waals surface area contributed by atoms with Crippen LogP contribution in [0.2, 0.25) is 0 Å². The summed E-state index contributed by atoms with van der Waals surface area (Å²) in [5.74, 6) is 1.59. The van der Waals surface area contributed by atoms with Crippen LogP contribution in [0.15, 0.2) is 54.6 Å². The molecule has 0 spiro atoms. The van der Waals surface area contributed by atoms with E-state index in [0.29, 0.717) is 34.6 Å². The number of amides is 1. The first-order chi connectivity index (χ1) is 16.1. The van der Waals surface area contributed by atoms with Crippen LogP contribution in [0.25, 0.3) is 6.08 Å². The number of anilines is 1. The Balaban J connectivity index is 1.42. The lowest BCUT2D eigenvalue weighted by Crippen LogP contribution is -2.10. The molecule has 1 amide bonds. The first-order valence-corrected chi connectivity index (χ1v) is 11.8. The third-order valence-corrected chi connectivity index (χ3v) is 6.88. The number of carbonyl (C=O) groups is 1. The van der Waals surface area contributed by atoms with Gasteiger partial charge in [-0.3, -0.25) is 4.79 Å². The van der Waals surface area contributed by atoms with Crippen LogP contribution in [0.5, 0.6) is 11.5 Å². The lowest BCUT2D eigenvalue weighted by Gasteiger charge is -2.17. The number of fused-ring (bicyclic) bond motifs is 1. The molecule has 2 aromatic carbocycles. The molecule has 33 heavy (non-hydrogen) atoms. The van der Waals surface area contributed by atoms with Crippen LogP contribution in [0.4, 0.5) is 5.00 Å². The van der Waals surface area contributed by atoms with Crippen LogP contribution < -0.4 is 14.8 Å². The zero-order chi connectivity index (χ0) is 23.2. The quantitative estimate of drug-likeness (QED) is 0.442. The Morgan fingerprint density at radius 1 is 1.24 bits per heavy atom. The SMILES string of the molecule is COc1cc(C=CC(=O)Nc2sc3c(c2C#N)CCC(C)C3)ccc1OCc1ccccc1. The second-order valence-corrected chi connectivity index (χ2v) is 9.28. The summed E-state index contributed by atoms with van der Waals surface area (Å²) in [6.45, 7) is 2.67. The zero-order valence-electron chi connectivity index (χ0n) is 18.8. The molecular weight excluding hydrogens is 432 g/mol. The third kappa shape index (κ3) is 5.44. The molecule has 1 unspecified atom stereocenters. The Labute approximate surface area is 198 Å². The fraction of sp³-hybridized carbons (Fsp3) is 0.259. The van der Waals surface area contributed by atoms with Crippen molar-refractivity contribution in [3.05, 3.63) is 81.7 Å². The highest BCUT2D eigenvalue weighted by molar-refractivity contribution is 7.16. The van der Waals surface area contributed by atoms with E-state index in [1.54, 1.807) is 13.2 Å². The van der Waals surface area contributed by atoms with Gasteiger partial charge in [-0.25, -0.2) is 0 Å². The molecule has 1 aliphatic carbocycles. The summed E-state index contributed by atoms with van der Waals surface area (Å²) in [5.41, 5.74) is 3.61. The highest BCUT2D eigenvalue weighted by Gasteiger charge is 2.24. The Bertz CT molecular complexity index is 1210. The van der Waals surface area contributed by atoms with Gasteiger partial charge in [-0.2, -0.15) is 5.26 Å². The number of nitrogens with one attached hydrogen (secondary N) is 1. The minimum absolute atomic E-state index is 0.262. The molecular formula is C27H26N2O3S. The normalized spacial score (nSPS) is 15.0. The van der Waals surface area contributed by atoms with Crippen molar-refractivity contribution in [2.45, 2.75) is 32.8 Å². The topological polar surface area (TPSA) is 71.3 Å². The summed E-state index contributed by atoms with van der Waals surface area (Å²) >= 11 is 1.53. The first-order valence-electron chi connectivity index (χ1n) is 11.0. The second kappa shape index (κ2) is 10.4. The number of nitrogens with zero attached hydrogens (tertiary/aromatic N) is 1. The van der Waals surface area contributed by atoms with Gasteiger partial charge in [-0.15, -0.1) is 11.3 Å². The van der Waals surface area contributed by atoms with Gasteiger partial charge in [-0.1, -0.05) is 43.3 Å². The van der Waals surface area contributed by atoms with Crippen LogP contribution in [0.3, 0.4) is 0 Å². The fourth-order valence-corrected chi connectivity index (χ4v) is 5.29. The predicted molar refractivity (Wildman–Crippen MR) is 132 cm³/mol. The summed E-state index contributed by atoms with van der Waals surface area (Å²) in [5, 5.41) is 13.2. The standard InChI is InChI=1S/C27H26N2O3S/c1-18-8-11-21-22(16-28)27(33-25(21)14-18)29-26(30)13-10-19-9-12-23(24(15-19)31-2)32-17-20-6-4-3-5-7-20/h3-7,9-10,12-13,15,18H,8,11,14,17H2,1-2H3,(H,29,30). The minimum Gasteiger partial charge on any atom is -0.493 e. The van der Waals surface area contributed by atoms with E-state index >= 15 is 0 Å². The van der Waals surface area contributed by atoms with Gasteiger partial charge in [0.1, 0.15) is 17.7 Å². The number of methoxy groups -OCH3 is 1. The maximum Gasteiger partial charge on any atom is 0.249 e. The molecule has 1 atom stereocenters. The van der Waals surface area contributed by atoms with E-state index in [1.807, 2.05) is 48.5 Å². The van der Waals surface area contributed by atoms with Crippen LogP contribution in [0, 0.1) is 17.2 Å². The lowest BCUT2D eigenvalue weighted by atomic mass is 9.89. The van der Waals surface area contributed by atoms with Crippen molar-refractivity contribution < 1.29 is 14.3 Å². The second-order valence-electron chi connectivity index (χ2n) is 8.17. The van der Waals surface area contributed by atoms with Gasteiger partial charge in [-0.05, 0) is 60.1 Å². The van der Waals surface area contributed by atoms with E-state index in [4.69, 9.17) is 9.47 Å². The van der Waals surface area contributed by atoms with Crippen molar-refractivity contribution >= 4 is 28.3 Å². The van der Waals surface area contributed by atoms with Gasteiger partial charge in [0.25, 0.3) is 0 Å². The lowest BCUT2D eigenvalue weighted by molar-refractivity contribution is -0.111. The van der Waals surface area contributed by atoms with Gasteiger partial charge in [0.15, 0.2) is 11.5 Å². The molecule has 1 N–H and O–H groups in total. The summed E-state index contributed by atoms with van der Waals surface area (Å²) in [4.78, 5) is 13.8. The van der Waals surface area contributed by atoms with E-state index in [1.165, 1.54) is 22.3 Å². The maximum atomic E-state index is 12.6. The molecule has 4 rings (SSSR count). The third-order valence-electron chi connectivity index (χ3n) is 5.71. The van der Waals surface area contributed by atoms with Crippen molar-refractivity contribution in [3.8, 4) is 17.6 Å². The molecule has 1 heterocycles. The summed E-state index contributed by atoms with van der Waals surface area (Å²) < 4.78 is 11.4. The van der Waals surface area contributed by atoms with E-state index < -0.39 is 0 Å². The van der Waals surface area contributed by atoms with Gasteiger partial charge in [0.05, 0.1) is 12.7 Å². The molecule has 168 valence electrons. The number of benzene rings is 2. The van der Waals surface area contributed by atoms with Crippen LogP contribution in [-0.2, 0) is 24.2 Å². The average molecular weight is 459 g/mol. The maximum absolute atomic E-state index is 12.6. The number of thiophene rings is 1. The molecule has 6 heteroatoms. The molecule has 1 aromatic heterocycles. The van der Waals surface area contributed by atoms with E-state index in [9.17, 15) is 10.1 Å². The minimum atomic E-state index is -0.262. The predicted octanol–water partition coefficient (Wildman–Crippen LogP) is 5.98. The van der Waals surface area contributed by atoms with Crippen LogP contribution >= 0.6 is 11.3 Å². The Morgan fingerprint density at radius 3 is 2.82 bits per heavy atom. The van der Waals surface area contributed by atoms with Crippen molar-refractivity contribution in [3.63, 3.8) is 0 Å². The molecule has 0 saturated carbocycles. The molecule has 5 nitrogen and oxygen atoms in total. The summed E-state index contributed by atoms with van der Waals surface area (Å²) in [7, 11) is 1.59. The smallest absolute Gasteiger partial charge is 0.249 e. The fourth-order valence-electron chi connectivity index (χ4n) is 3.93. The van der Waals surface area contributed by atoms with Crippen molar-refractivity contribution in [1.82, 2.24) is 0 Å². The van der Waals surface area contributed by atoms with Crippen LogP contribution in [0.1, 0.15) is 40.5 Å². The van der Waals surface area contributed by atoms with Crippen LogP contribution in [-0.4, -0.2) is 13.0 Å². The average Bonchev–Trinajstić information content (AvgIpc) is 3.17. The van der Waals surface area contributed by atoms with E-state index in [-0.39, 0.29) is 5.91 Å².